The molecule has 0 spiro atoms. The van der Waals surface area contributed by atoms with Gasteiger partial charge in [-0.25, -0.2) is 17.8 Å². The summed E-state index contributed by atoms with van der Waals surface area (Å²) in [6.45, 7) is 1.79. The van der Waals surface area contributed by atoms with Gasteiger partial charge in [0.15, 0.2) is 0 Å². The Balaban J connectivity index is 1.45. The number of nitrogens with one attached hydrogen (secondary N) is 2. The number of fused-ring (bicyclic) bond motifs is 1. The number of sulfonamides is 1. The lowest BCUT2D eigenvalue weighted by molar-refractivity contribution is 0.0782. The summed E-state index contributed by atoms with van der Waals surface area (Å²) in [6, 6.07) is 17.3. The number of H-pyrrole nitrogens is 1. The lowest BCUT2D eigenvalue weighted by atomic mass is 10.2. The largest absolute Gasteiger partial charge is 0.340 e. The van der Waals surface area contributed by atoms with Gasteiger partial charge in [0.1, 0.15) is 11.6 Å². The molecule has 0 unspecified atom stereocenters. The third-order valence-corrected chi connectivity index (χ3v) is 6.37. The summed E-state index contributed by atoms with van der Waals surface area (Å²) in [5.74, 6) is -0.0337. The van der Waals surface area contributed by atoms with Crippen LogP contribution in [-0.2, 0) is 16.6 Å². The molecule has 3 aromatic carbocycles. The Kier molecular flexibility index (Phi) is 5.67. The first-order valence-electron chi connectivity index (χ1n) is 9.81. The molecule has 1 amide bonds. The van der Waals surface area contributed by atoms with Gasteiger partial charge in [-0.05, 0) is 67.1 Å². The number of amides is 1. The third-order valence-electron chi connectivity index (χ3n) is 5.00. The second kappa shape index (κ2) is 8.43. The molecule has 7 nitrogen and oxygen atoms in total. The van der Waals surface area contributed by atoms with Crippen molar-refractivity contribution in [3.8, 4) is 0 Å². The maximum atomic E-state index is 13.4. The maximum absolute atomic E-state index is 13.4. The Morgan fingerprint density at radius 2 is 1.81 bits per heavy atom. The first-order chi connectivity index (χ1) is 15.2. The van der Waals surface area contributed by atoms with Crippen LogP contribution < -0.4 is 4.72 Å². The summed E-state index contributed by atoms with van der Waals surface area (Å²) in [5, 5.41) is 0. The van der Waals surface area contributed by atoms with Gasteiger partial charge in [-0.1, -0.05) is 12.1 Å². The number of para-hydroxylation sites is 2. The van der Waals surface area contributed by atoms with E-state index in [1.54, 1.807) is 19.2 Å². The monoisotopic (exact) mass is 452 g/mol. The van der Waals surface area contributed by atoms with Gasteiger partial charge in [-0.2, -0.15) is 0 Å². The number of hydrogen-bond acceptors (Lipinski definition) is 4. The van der Waals surface area contributed by atoms with Crippen molar-refractivity contribution in [2.24, 2.45) is 0 Å². The number of hydrogen-bond donors (Lipinski definition) is 2. The number of anilines is 1. The minimum absolute atomic E-state index is 0.0397. The second-order valence-electron chi connectivity index (χ2n) is 7.46. The SMILES string of the molecule is Cc1cc(S(=O)(=O)Nc2ccc(C(=O)N(C)Cc3nc4ccccc4[nH]3)cc2)ccc1F. The van der Waals surface area contributed by atoms with E-state index in [2.05, 4.69) is 14.7 Å². The molecule has 0 radical (unpaired) electrons. The molecule has 0 aliphatic carbocycles. The highest BCUT2D eigenvalue weighted by Crippen LogP contribution is 2.20. The van der Waals surface area contributed by atoms with E-state index in [1.165, 1.54) is 36.1 Å². The molecule has 164 valence electrons. The Morgan fingerprint density at radius 3 is 2.50 bits per heavy atom. The number of aromatic amines is 1. The van der Waals surface area contributed by atoms with Crippen molar-refractivity contribution >= 4 is 32.7 Å². The highest BCUT2D eigenvalue weighted by molar-refractivity contribution is 7.92. The number of aromatic nitrogens is 2. The van der Waals surface area contributed by atoms with Crippen molar-refractivity contribution in [2.75, 3.05) is 11.8 Å². The molecule has 0 fully saturated rings. The first kappa shape index (κ1) is 21.5. The molecule has 4 rings (SSSR count). The van der Waals surface area contributed by atoms with Crippen molar-refractivity contribution in [2.45, 2.75) is 18.4 Å². The summed E-state index contributed by atoms with van der Waals surface area (Å²) < 4.78 is 41.0. The highest BCUT2D eigenvalue weighted by atomic mass is 32.2. The third kappa shape index (κ3) is 4.47. The van der Waals surface area contributed by atoms with E-state index in [-0.39, 0.29) is 16.4 Å². The van der Waals surface area contributed by atoms with Crippen molar-refractivity contribution < 1.29 is 17.6 Å². The Labute approximate surface area is 185 Å². The van der Waals surface area contributed by atoms with Gasteiger partial charge in [0, 0.05) is 18.3 Å². The lowest BCUT2D eigenvalue weighted by Crippen LogP contribution is -2.26. The fraction of sp³-hybridized carbons (Fsp3) is 0.130. The predicted octanol–water partition coefficient (Wildman–Crippen LogP) is 4.08. The van der Waals surface area contributed by atoms with Crippen LogP contribution in [0.4, 0.5) is 10.1 Å². The number of benzene rings is 3. The number of carbonyl (C=O) groups excluding carboxylic acids is 1. The zero-order valence-corrected chi connectivity index (χ0v) is 18.3. The highest BCUT2D eigenvalue weighted by Gasteiger charge is 2.17. The van der Waals surface area contributed by atoms with Crippen molar-refractivity contribution in [3.05, 3.63) is 89.5 Å². The zero-order valence-electron chi connectivity index (χ0n) is 17.5. The zero-order chi connectivity index (χ0) is 22.9. The van der Waals surface area contributed by atoms with Crippen LogP contribution in [0.2, 0.25) is 0 Å². The molecule has 0 bridgehead atoms. The first-order valence-corrected chi connectivity index (χ1v) is 11.3. The number of halogens is 1. The minimum Gasteiger partial charge on any atom is -0.340 e. The average Bonchev–Trinajstić information content (AvgIpc) is 3.17. The van der Waals surface area contributed by atoms with Gasteiger partial charge < -0.3 is 9.88 Å². The van der Waals surface area contributed by atoms with E-state index < -0.39 is 15.8 Å². The summed E-state index contributed by atoms with van der Waals surface area (Å²) in [6.07, 6.45) is 0. The van der Waals surface area contributed by atoms with Crippen LogP contribution in [0.15, 0.2) is 71.6 Å². The molecular weight excluding hydrogens is 431 g/mol. The summed E-state index contributed by atoms with van der Waals surface area (Å²) >= 11 is 0. The van der Waals surface area contributed by atoms with Crippen LogP contribution in [0.25, 0.3) is 11.0 Å². The van der Waals surface area contributed by atoms with Gasteiger partial charge in [0.2, 0.25) is 0 Å². The number of imidazole rings is 1. The minimum atomic E-state index is -3.88. The second-order valence-corrected chi connectivity index (χ2v) is 9.14. The molecule has 0 aliphatic rings. The fourth-order valence-corrected chi connectivity index (χ4v) is 4.42. The van der Waals surface area contributed by atoms with E-state index in [4.69, 9.17) is 0 Å². The normalized spacial score (nSPS) is 11.5. The quantitative estimate of drug-likeness (QED) is 0.461. The van der Waals surface area contributed by atoms with Gasteiger partial charge in [-0.3, -0.25) is 9.52 Å². The maximum Gasteiger partial charge on any atom is 0.261 e. The topological polar surface area (TPSA) is 95.2 Å². The molecule has 1 heterocycles. The molecule has 0 atom stereocenters. The number of carbonyl (C=O) groups is 1. The van der Waals surface area contributed by atoms with E-state index in [0.717, 1.165) is 17.1 Å². The lowest BCUT2D eigenvalue weighted by Gasteiger charge is -2.16. The Morgan fingerprint density at radius 1 is 1.09 bits per heavy atom. The molecule has 32 heavy (non-hydrogen) atoms. The molecule has 0 saturated heterocycles. The van der Waals surface area contributed by atoms with Gasteiger partial charge in [0.05, 0.1) is 22.5 Å². The predicted molar refractivity (Wildman–Crippen MR) is 120 cm³/mol. The summed E-state index contributed by atoms with van der Waals surface area (Å²) in [4.78, 5) is 21.9. The standard InChI is InChI=1S/C23H21FN4O3S/c1-15-13-18(11-12-19(15)24)32(30,31)27-17-9-7-16(8-10-17)23(29)28(2)14-22-25-20-5-3-4-6-21(20)26-22/h3-13,27H,14H2,1-2H3,(H,25,26). The molecule has 9 heteroatoms. The molecular formula is C23H21FN4O3S. The molecule has 4 aromatic rings. The smallest absolute Gasteiger partial charge is 0.261 e. The number of rotatable bonds is 6. The van der Waals surface area contributed by atoms with Crippen LogP contribution in [-0.4, -0.2) is 36.2 Å². The molecule has 0 saturated carbocycles. The van der Waals surface area contributed by atoms with E-state index >= 15 is 0 Å². The van der Waals surface area contributed by atoms with Crippen LogP contribution in [0.1, 0.15) is 21.7 Å². The van der Waals surface area contributed by atoms with E-state index in [1.807, 2.05) is 24.3 Å². The van der Waals surface area contributed by atoms with Crippen LogP contribution >= 0.6 is 0 Å². The van der Waals surface area contributed by atoms with E-state index in [0.29, 0.717) is 23.6 Å². The number of aryl methyl sites for hydroxylation is 1. The van der Waals surface area contributed by atoms with E-state index in [9.17, 15) is 17.6 Å². The Hall–Kier alpha value is -3.72. The Bertz CT molecular complexity index is 1370. The van der Waals surface area contributed by atoms with Crippen LogP contribution in [0.5, 0.6) is 0 Å². The van der Waals surface area contributed by atoms with Gasteiger partial charge >= 0.3 is 0 Å². The van der Waals surface area contributed by atoms with Crippen molar-refractivity contribution in [1.29, 1.82) is 0 Å². The van der Waals surface area contributed by atoms with Crippen molar-refractivity contribution in [1.82, 2.24) is 14.9 Å². The van der Waals surface area contributed by atoms with Crippen molar-refractivity contribution in [3.63, 3.8) is 0 Å². The summed E-state index contributed by atoms with van der Waals surface area (Å²) in [5.41, 5.74) is 2.67. The van der Waals surface area contributed by atoms with Crippen LogP contribution in [0.3, 0.4) is 0 Å². The summed E-state index contributed by atoms with van der Waals surface area (Å²) in [7, 11) is -2.21. The number of nitrogens with zero attached hydrogens (tertiary/aromatic N) is 2. The molecule has 2 N–H and O–H groups in total. The molecule has 1 aromatic heterocycles. The molecule has 0 aliphatic heterocycles. The average molecular weight is 453 g/mol. The fourth-order valence-electron chi connectivity index (χ4n) is 3.28. The van der Waals surface area contributed by atoms with Gasteiger partial charge in [0.25, 0.3) is 15.9 Å². The van der Waals surface area contributed by atoms with Crippen LogP contribution in [0, 0.1) is 12.7 Å². The van der Waals surface area contributed by atoms with Gasteiger partial charge in [-0.15, -0.1) is 0 Å².